The number of nitrogens with one attached hydrogen (secondary N) is 1. The summed E-state index contributed by atoms with van der Waals surface area (Å²) in [7, 11) is 0. The van der Waals surface area contributed by atoms with Crippen molar-refractivity contribution in [2.45, 2.75) is 57.9 Å². The SMILES string of the molecule is CCCNCc1ncoc1C1(C)CCCC1. The molecule has 1 aromatic rings. The molecule has 1 aromatic heterocycles. The van der Waals surface area contributed by atoms with Gasteiger partial charge in [0, 0.05) is 12.0 Å². The van der Waals surface area contributed by atoms with E-state index < -0.39 is 0 Å². The van der Waals surface area contributed by atoms with Crippen molar-refractivity contribution in [1.82, 2.24) is 10.3 Å². The lowest BCUT2D eigenvalue weighted by Crippen LogP contribution is -2.21. The standard InChI is InChI=1S/C13H22N2O/c1-3-8-14-9-11-12(16-10-15-11)13(2)6-4-5-7-13/h10,14H,3-9H2,1-2H3. The summed E-state index contributed by atoms with van der Waals surface area (Å²) in [6.07, 6.45) is 7.87. The molecule has 1 saturated carbocycles. The van der Waals surface area contributed by atoms with Crippen molar-refractivity contribution in [3.8, 4) is 0 Å². The Morgan fingerprint density at radius 3 is 2.88 bits per heavy atom. The number of aromatic nitrogens is 1. The van der Waals surface area contributed by atoms with Crippen LogP contribution in [0.4, 0.5) is 0 Å². The van der Waals surface area contributed by atoms with Gasteiger partial charge in [-0.2, -0.15) is 0 Å². The molecule has 0 radical (unpaired) electrons. The van der Waals surface area contributed by atoms with Crippen LogP contribution in [-0.4, -0.2) is 11.5 Å². The van der Waals surface area contributed by atoms with E-state index in [1.807, 2.05) is 0 Å². The first-order valence-electron chi connectivity index (χ1n) is 6.40. The second-order valence-electron chi connectivity index (χ2n) is 5.07. The van der Waals surface area contributed by atoms with E-state index >= 15 is 0 Å². The van der Waals surface area contributed by atoms with Crippen LogP contribution in [0.15, 0.2) is 10.8 Å². The summed E-state index contributed by atoms with van der Waals surface area (Å²) in [6, 6.07) is 0. The van der Waals surface area contributed by atoms with Crippen LogP contribution < -0.4 is 5.32 Å². The summed E-state index contributed by atoms with van der Waals surface area (Å²) in [5, 5.41) is 3.40. The highest BCUT2D eigenvalue weighted by molar-refractivity contribution is 5.19. The molecule has 0 spiro atoms. The van der Waals surface area contributed by atoms with Gasteiger partial charge in [-0.15, -0.1) is 0 Å². The van der Waals surface area contributed by atoms with Crippen molar-refractivity contribution in [2.24, 2.45) is 0 Å². The summed E-state index contributed by atoms with van der Waals surface area (Å²) in [6.45, 7) is 6.37. The first-order chi connectivity index (χ1) is 7.76. The third-order valence-electron chi connectivity index (χ3n) is 3.62. The van der Waals surface area contributed by atoms with Crippen LogP contribution in [0.1, 0.15) is 57.4 Å². The first kappa shape index (κ1) is 11.6. The van der Waals surface area contributed by atoms with Gasteiger partial charge in [-0.3, -0.25) is 0 Å². The number of hydrogen-bond acceptors (Lipinski definition) is 3. The zero-order valence-corrected chi connectivity index (χ0v) is 10.4. The lowest BCUT2D eigenvalue weighted by molar-refractivity contribution is 0.360. The Morgan fingerprint density at radius 2 is 2.19 bits per heavy atom. The average molecular weight is 222 g/mol. The van der Waals surface area contributed by atoms with Crippen LogP contribution in [0, 0.1) is 0 Å². The molecule has 0 aliphatic heterocycles. The molecular weight excluding hydrogens is 200 g/mol. The minimum Gasteiger partial charge on any atom is -0.448 e. The van der Waals surface area contributed by atoms with Gasteiger partial charge in [0.2, 0.25) is 0 Å². The predicted molar refractivity (Wildman–Crippen MR) is 64.3 cm³/mol. The van der Waals surface area contributed by atoms with Gasteiger partial charge in [-0.05, 0) is 25.8 Å². The molecule has 0 amide bonds. The van der Waals surface area contributed by atoms with Gasteiger partial charge in [0.25, 0.3) is 0 Å². The summed E-state index contributed by atoms with van der Waals surface area (Å²) >= 11 is 0. The molecule has 16 heavy (non-hydrogen) atoms. The van der Waals surface area contributed by atoms with Gasteiger partial charge in [0.1, 0.15) is 5.76 Å². The maximum atomic E-state index is 5.63. The molecule has 0 aromatic carbocycles. The number of nitrogens with zero attached hydrogens (tertiary/aromatic N) is 1. The van der Waals surface area contributed by atoms with E-state index in [9.17, 15) is 0 Å². The van der Waals surface area contributed by atoms with E-state index in [2.05, 4.69) is 24.1 Å². The second kappa shape index (κ2) is 5.00. The Kier molecular flexibility index (Phi) is 3.64. The molecular formula is C13H22N2O. The normalized spacial score (nSPS) is 19.1. The smallest absolute Gasteiger partial charge is 0.181 e. The zero-order valence-electron chi connectivity index (χ0n) is 10.4. The highest BCUT2D eigenvalue weighted by atomic mass is 16.3. The molecule has 0 saturated heterocycles. The van der Waals surface area contributed by atoms with Gasteiger partial charge >= 0.3 is 0 Å². The molecule has 3 heteroatoms. The fraction of sp³-hybridized carbons (Fsp3) is 0.769. The molecule has 0 atom stereocenters. The number of hydrogen-bond donors (Lipinski definition) is 1. The van der Waals surface area contributed by atoms with Crippen LogP contribution in [-0.2, 0) is 12.0 Å². The molecule has 0 bridgehead atoms. The van der Waals surface area contributed by atoms with E-state index in [1.165, 1.54) is 25.7 Å². The van der Waals surface area contributed by atoms with E-state index in [4.69, 9.17) is 4.42 Å². The average Bonchev–Trinajstić information content (AvgIpc) is 2.88. The fourth-order valence-electron chi connectivity index (χ4n) is 2.65. The van der Waals surface area contributed by atoms with E-state index in [-0.39, 0.29) is 5.41 Å². The molecule has 90 valence electrons. The maximum Gasteiger partial charge on any atom is 0.181 e. The van der Waals surface area contributed by atoms with Gasteiger partial charge in [-0.25, -0.2) is 4.98 Å². The monoisotopic (exact) mass is 222 g/mol. The van der Waals surface area contributed by atoms with Crippen LogP contribution in [0.2, 0.25) is 0 Å². The Balaban J connectivity index is 2.06. The Labute approximate surface area is 97.6 Å². The minimum absolute atomic E-state index is 0.236. The Hall–Kier alpha value is -0.830. The highest BCUT2D eigenvalue weighted by Gasteiger charge is 2.35. The van der Waals surface area contributed by atoms with Crippen LogP contribution >= 0.6 is 0 Å². The largest absolute Gasteiger partial charge is 0.448 e. The number of oxazole rings is 1. The maximum absolute atomic E-state index is 5.63. The summed E-state index contributed by atoms with van der Waals surface area (Å²) in [5.74, 6) is 1.12. The number of rotatable bonds is 5. The van der Waals surface area contributed by atoms with Crippen molar-refractivity contribution in [3.63, 3.8) is 0 Å². The van der Waals surface area contributed by atoms with Crippen molar-refractivity contribution < 1.29 is 4.42 Å². The fourth-order valence-corrected chi connectivity index (χ4v) is 2.65. The third-order valence-corrected chi connectivity index (χ3v) is 3.62. The highest BCUT2D eigenvalue weighted by Crippen LogP contribution is 2.41. The van der Waals surface area contributed by atoms with E-state index in [0.29, 0.717) is 0 Å². The topological polar surface area (TPSA) is 38.1 Å². The summed E-state index contributed by atoms with van der Waals surface area (Å²) in [4.78, 5) is 4.35. The Morgan fingerprint density at radius 1 is 1.44 bits per heavy atom. The first-order valence-corrected chi connectivity index (χ1v) is 6.40. The lowest BCUT2D eigenvalue weighted by atomic mass is 9.85. The van der Waals surface area contributed by atoms with Gasteiger partial charge in [0.15, 0.2) is 6.39 Å². The quantitative estimate of drug-likeness (QED) is 0.778. The predicted octanol–water partition coefficient (Wildman–Crippen LogP) is 3.01. The Bertz CT molecular complexity index is 326. The second-order valence-corrected chi connectivity index (χ2v) is 5.07. The third kappa shape index (κ3) is 2.29. The summed E-state index contributed by atoms with van der Waals surface area (Å²) in [5.41, 5.74) is 1.34. The molecule has 0 unspecified atom stereocenters. The van der Waals surface area contributed by atoms with Gasteiger partial charge in [-0.1, -0.05) is 26.7 Å². The summed E-state index contributed by atoms with van der Waals surface area (Å²) < 4.78 is 5.63. The van der Waals surface area contributed by atoms with Crippen LogP contribution in [0.5, 0.6) is 0 Å². The molecule has 1 heterocycles. The molecule has 2 rings (SSSR count). The van der Waals surface area contributed by atoms with Crippen molar-refractivity contribution in [2.75, 3.05) is 6.54 Å². The molecule has 3 nitrogen and oxygen atoms in total. The lowest BCUT2D eigenvalue weighted by Gasteiger charge is -2.21. The molecule has 1 aliphatic rings. The molecule has 1 N–H and O–H groups in total. The van der Waals surface area contributed by atoms with Crippen LogP contribution in [0.25, 0.3) is 0 Å². The van der Waals surface area contributed by atoms with Crippen molar-refractivity contribution in [3.05, 3.63) is 17.8 Å². The van der Waals surface area contributed by atoms with E-state index in [1.54, 1.807) is 6.39 Å². The molecule has 1 fully saturated rings. The van der Waals surface area contributed by atoms with E-state index in [0.717, 1.165) is 31.0 Å². The van der Waals surface area contributed by atoms with Gasteiger partial charge < -0.3 is 9.73 Å². The molecule has 1 aliphatic carbocycles. The van der Waals surface area contributed by atoms with Crippen LogP contribution in [0.3, 0.4) is 0 Å². The zero-order chi connectivity index (χ0) is 11.4. The van der Waals surface area contributed by atoms with Crippen molar-refractivity contribution >= 4 is 0 Å². The minimum atomic E-state index is 0.236. The van der Waals surface area contributed by atoms with Gasteiger partial charge in [0.05, 0.1) is 5.69 Å². The van der Waals surface area contributed by atoms with Crippen molar-refractivity contribution in [1.29, 1.82) is 0 Å².